The van der Waals surface area contributed by atoms with Gasteiger partial charge in [0, 0.05) is 0 Å². The summed E-state index contributed by atoms with van der Waals surface area (Å²) < 4.78 is 7.84. The molecular weight excluding hydrogens is 335 g/mol. The number of hydrogen-bond acceptors (Lipinski definition) is 2. The molecule has 0 aromatic rings. The van der Waals surface area contributed by atoms with Gasteiger partial charge in [0.15, 0.2) is 8.32 Å². The van der Waals surface area contributed by atoms with Gasteiger partial charge in [0.1, 0.15) is 0 Å². The Labute approximate surface area is 113 Å². The minimum atomic E-state index is -1.89. The van der Waals surface area contributed by atoms with Crippen LogP contribution in [-0.4, -0.2) is 25.5 Å². The summed E-state index contributed by atoms with van der Waals surface area (Å²) in [5.41, 5.74) is 0. The predicted molar refractivity (Wildman–Crippen MR) is 77.5 cm³/mol. The van der Waals surface area contributed by atoms with Crippen molar-refractivity contribution in [3.8, 4) is 0 Å². The van der Waals surface area contributed by atoms with E-state index in [9.17, 15) is 4.79 Å². The molecule has 0 heterocycles. The normalized spacial score (nSPS) is 15.4. The number of hydrogen-bond donors (Lipinski definition) is 1. The highest BCUT2D eigenvalue weighted by Gasteiger charge is 2.39. The Bertz CT molecular complexity index is 269. The van der Waals surface area contributed by atoms with Crippen molar-refractivity contribution >= 4 is 36.9 Å². The van der Waals surface area contributed by atoms with Crippen molar-refractivity contribution < 1.29 is 14.3 Å². The summed E-state index contributed by atoms with van der Waals surface area (Å²) >= 11 is 2.08. The van der Waals surface area contributed by atoms with Crippen molar-refractivity contribution in [1.82, 2.24) is 0 Å². The summed E-state index contributed by atoms with van der Waals surface area (Å²) in [4.78, 5) is 10.7. The number of rotatable bonds is 5. The van der Waals surface area contributed by atoms with Gasteiger partial charge in [-0.3, -0.25) is 4.79 Å². The van der Waals surface area contributed by atoms with Crippen LogP contribution >= 0.6 is 22.6 Å². The number of carboxylic acids is 1. The first-order valence-electron chi connectivity index (χ1n) is 5.26. The largest absolute Gasteiger partial charge is 0.481 e. The fraction of sp³-hybridized carbons (Fsp3) is 0.727. The van der Waals surface area contributed by atoms with E-state index in [0.717, 1.165) is 0 Å². The van der Waals surface area contributed by atoms with Gasteiger partial charge in [-0.1, -0.05) is 49.4 Å². The molecule has 0 saturated carbocycles. The van der Waals surface area contributed by atoms with Gasteiger partial charge < -0.3 is 9.53 Å². The second-order valence-electron chi connectivity index (χ2n) is 5.33. The smallest absolute Gasteiger partial charge is 0.306 e. The molecule has 0 fully saturated rings. The van der Waals surface area contributed by atoms with E-state index in [1.165, 1.54) is 0 Å². The Hall–Kier alpha value is 0.117. The molecule has 0 rings (SSSR count). The molecule has 1 N–H and O–H groups in total. The summed E-state index contributed by atoms with van der Waals surface area (Å²) in [5.74, 6) is -0.821. The van der Waals surface area contributed by atoms with E-state index in [2.05, 4.69) is 56.5 Å². The van der Waals surface area contributed by atoms with E-state index >= 15 is 0 Å². The van der Waals surface area contributed by atoms with Crippen molar-refractivity contribution in [3.05, 3.63) is 10.2 Å². The lowest BCUT2D eigenvalue weighted by Crippen LogP contribution is -2.43. The first-order chi connectivity index (χ1) is 7.10. The molecule has 0 aliphatic rings. The molecule has 94 valence electrons. The zero-order valence-corrected chi connectivity index (χ0v) is 13.7. The van der Waals surface area contributed by atoms with Crippen LogP contribution in [0.4, 0.5) is 0 Å². The highest BCUT2D eigenvalue weighted by Crippen LogP contribution is 2.37. The lowest BCUT2D eigenvalue weighted by Gasteiger charge is -2.38. The third-order valence-corrected chi connectivity index (χ3v) is 7.83. The van der Waals surface area contributed by atoms with E-state index in [1.807, 2.05) is 10.2 Å². The van der Waals surface area contributed by atoms with Gasteiger partial charge in [-0.15, -0.1) is 0 Å². The maximum atomic E-state index is 10.7. The van der Waals surface area contributed by atoms with Crippen LogP contribution in [0.3, 0.4) is 0 Å². The van der Waals surface area contributed by atoms with E-state index in [4.69, 9.17) is 9.53 Å². The number of aliphatic carboxylic acids is 1. The molecule has 3 nitrogen and oxygen atoms in total. The topological polar surface area (TPSA) is 46.5 Å². The van der Waals surface area contributed by atoms with E-state index in [0.29, 0.717) is 0 Å². The zero-order chi connectivity index (χ0) is 13.0. The average Bonchev–Trinajstić information content (AvgIpc) is 1.99. The van der Waals surface area contributed by atoms with Crippen molar-refractivity contribution in [2.45, 2.75) is 51.4 Å². The number of carbonyl (C=O) groups is 1. The summed E-state index contributed by atoms with van der Waals surface area (Å²) in [7, 11) is -1.89. The quantitative estimate of drug-likeness (QED) is 0.602. The first kappa shape index (κ1) is 16.1. The monoisotopic (exact) mass is 356 g/mol. The van der Waals surface area contributed by atoms with Gasteiger partial charge in [-0.2, -0.15) is 0 Å². The Balaban J connectivity index is 4.68. The van der Waals surface area contributed by atoms with E-state index in [-0.39, 0.29) is 17.6 Å². The molecule has 0 bridgehead atoms. The van der Waals surface area contributed by atoms with Gasteiger partial charge in [0.05, 0.1) is 12.5 Å². The van der Waals surface area contributed by atoms with Crippen LogP contribution in [0.2, 0.25) is 18.1 Å². The third-order valence-electron chi connectivity index (χ3n) is 2.92. The second-order valence-corrected chi connectivity index (χ2v) is 10.8. The Morgan fingerprint density at radius 1 is 1.50 bits per heavy atom. The number of halogens is 1. The van der Waals surface area contributed by atoms with Gasteiger partial charge in [0.2, 0.25) is 0 Å². The van der Waals surface area contributed by atoms with Crippen LogP contribution in [0.25, 0.3) is 0 Å². The lowest BCUT2D eigenvalue weighted by atomic mass is 10.2. The fourth-order valence-corrected chi connectivity index (χ4v) is 2.69. The molecule has 0 amide bonds. The minimum absolute atomic E-state index is 0.0337. The fourth-order valence-electron chi connectivity index (χ4n) is 0.957. The average molecular weight is 356 g/mol. The maximum absolute atomic E-state index is 10.7. The molecule has 0 aromatic carbocycles. The molecule has 0 spiro atoms. The third kappa shape index (κ3) is 5.45. The van der Waals surface area contributed by atoms with Crippen molar-refractivity contribution in [2.24, 2.45) is 0 Å². The van der Waals surface area contributed by atoms with Gasteiger partial charge >= 0.3 is 5.97 Å². The van der Waals surface area contributed by atoms with E-state index in [1.54, 1.807) is 0 Å². The second kappa shape index (κ2) is 6.16. The molecule has 0 aliphatic heterocycles. The van der Waals surface area contributed by atoms with Crippen LogP contribution < -0.4 is 0 Å². The molecule has 0 radical (unpaired) electrons. The lowest BCUT2D eigenvalue weighted by molar-refractivity contribution is -0.138. The van der Waals surface area contributed by atoms with Crippen molar-refractivity contribution in [3.63, 3.8) is 0 Å². The van der Waals surface area contributed by atoms with Gasteiger partial charge in [0.25, 0.3) is 0 Å². The van der Waals surface area contributed by atoms with Crippen LogP contribution in [0, 0.1) is 0 Å². The summed E-state index contributed by atoms with van der Waals surface area (Å²) in [6.45, 7) is 10.7. The molecular formula is C11H21IO3Si. The Kier molecular flexibility index (Phi) is 6.20. The molecule has 5 heteroatoms. The minimum Gasteiger partial charge on any atom is -0.481 e. The van der Waals surface area contributed by atoms with Crippen molar-refractivity contribution in [1.29, 1.82) is 0 Å². The molecule has 0 aromatic heterocycles. The van der Waals surface area contributed by atoms with Crippen LogP contribution in [0.5, 0.6) is 0 Å². The SMILES string of the molecule is CC(C)(C)[Si](C)(C)O[C@@H](/C=C\I)CC(=O)O. The van der Waals surface area contributed by atoms with Crippen LogP contribution in [0.15, 0.2) is 10.2 Å². The summed E-state index contributed by atoms with van der Waals surface area (Å²) in [6.07, 6.45) is 1.54. The standard InChI is InChI=1S/C11H21IO3Si/c1-11(2,3)16(4,5)15-9(6-7-12)8-10(13)14/h6-7,9H,8H2,1-5H3,(H,13,14)/b7-6-/t9-/m0/s1. The predicted octanol–water partition coefficient (Wildman–Crippen LogP) is 3.80. The molecule has 0 saturated heterocycles. The first-order valence-corrected chi connectivity index (χ1v) is 9.42. The molecule has 0 aliphatic carbocycles. The molecule has 1 atom stereocenters. The van der Waals surface area contributed by atoms with E-state index < -0.39 is 14.3 Å². The molecule has 16 heavy (non-hydrogen) atoms. The van der Waals surface area contributed by atoms with Gasteiger partial charge in [-0.25, -0.2) is 0 Å². The zero-order valence-electron chi connectivity index (χ0n) is 10.6. The van der Waals surface area contributed by atoms with Crippen molar-refractivity contribution in [2.75, 3.05) is 0 Å². The maximum Gasteiger partial charge on any atom is 0.306 e. The van der Waals surface area contributed by atoms with Gasteiger partial charge in [-0.05, 0) is 22.2 Å². The Morgan fingerprint density at radius 2 is 2.00 bits per heavy atom. The Morgan fingerprint density at radius 3 is 2.31 bits per heavy atom. The summed E-state index contributed by atoms with van der Waals surface area (Å²) in [5, 5.41) is 8.91. The highest BCUT2D eigenvalue weighted by molar-refractivity contribution is 14.1. The van der Waals surface area contributed by atoms with Crippen LogP contribution in [0.1, 0.15) is 27.2 Å². The number of carboxylic acid groups (broad SMARTS) is 1. The summed E-state index contributed by atoms with van der Waals surface area (Å²) in [6, 6.07) is 0. The van der Waals surface area contributed by atoms with Crippen LogP contribution in [-0.2, 0) is 9.22 Å². The highest BCUT2D eigenvalue weighted by atomic mass is 127. The molecule has 0 unspecified atom stereocenters.